The Morgan fingerprint density at radius 2 is 2.20 bits per heavy atom. The van der Waals surface area contributed by atoms with E-state index < -0.39 is 5.54 Å². The maximum absolute atomic E-state index is 11.2. The standard InChI is InChI=1S/C11H21NO3/c1-11(12,10(13)14-2)7-4-8-15-9-5-3-6-9/h9H,3-8,12H2,1-2H3. The van der Waals surface area contributed by atoms with Crippen molar-refractivity contribution in [2.75, 3.05) is 13.7 Å². The van der Waals surface area contributed by atoms with E-state index in [0.29, 0.717) is 19.1 Å². The van der Waals surface area contributed by atoms with Crippen LogP contribution in [0.2, 0.25) is 0 Å². The number of methoxy groups -OCH3 is 1. The van der Waals surface area contributed by atoms with Gasteiger partial charge in [0, 0.05) is 6.61 Å². The van der Waals surface area contributed by atoms with E-state index in [-0.39, 0.29) is 5.97 Å². The van der Waals surface area contributed by atoms with Gasteiger partial charge in [-0.05, 0) is 39.0 Å². The second-order valence-corrected chi connectivity index (χ2v) is 4.44. The van der Waals surface area contributed by atoms with Crippen molar-refractivity contribution in [1.82, 2.24) is 0 Å². The maximum atomic E-state index is 11.2. The predicted octanol–water partition coefficient (Wildman–Crippen LogP) is 1.23. The van der Waals surface area contributed by atoms with Crippen molar-refractivity contribution in [2.24, 2.45) is 5.73 Å². The van der Waals surface area contributed by atoms with Crippen LogP contribution >= 0.6 is 0 Å². The number of carbonyl (C=O) groups excluding carboxylic acids is 1. The summed E-state index contributed by atoms with van der Waals surface area (Å²) in [6, 6.07) is 0. The highest BCUT2D eigenvalue weighted by atomic mass is 16.5. The molecule has 1 unspecified atom stereocenters. The molecule has 1 aliphatic rings. The van der Waals surface area contributed by atoms with Gasteiger partial charge >= 0.3 is 5.97 Å². The Labute approximate surface area is 91.1 Å². The zero-order valence-corrected chi connectivity index (χ0v) is 9.62. The molecular formula is C11H21NO3. The lowest BCUT2D eigenvalue weighted by molar-refractivity contribution is -0.146. The molecule has 88 valence electrons. The first-order chi connectivity index (χ1) is 7.06. The fraction of sp³-hybridized carbons (Fsp3) is 0.909. The zero-order valence-electron chi connectivity index (χ0n) is 9.62. The van der Waals surface area contributed by atoms with Crippen molar-refractivity contribution in [3.8, 4) is 0 Å². The summed E-state index contributed by atoms with van der Waals surface area (Å²) in [5.74, 6) is -0.355. The van der Waals surface area contributed by atoms with E-state index in [1.807, 2.05) is 0 Å². The minimum absolute atomic E-state index is 0.355. The van der Waals surface area contributed by atoms with E-state index in [9.17, 15) is 4.79 Å². The van der Waals surface area contributed by atoms with Crippen LogP contribution in [0, 0.1) is 0 Å². The van der Waals surface area contributed by atoms with Crippen LogP contribution < -0.4 is 5.73 Å². The van der Waals surface area contributed by atoms with Crippen molar-refractivity contribution in [3.63, 3.8) is 0 Å². The third-order valence-electron chi connectivity index (χ3n) is 2.90. The summed E-state index contributed by atoms with van der Waals surface area (Å²) in [6.45, 7) is 2.39. The Bertz CT molecular complexity index is 212. The Balaban J connectivity index is 2.09. The van der Waals surface area contributed by atoms with E-state index in [1.165, 1.54) is 26.4 Å². The van der Waals surface area contributed by atoms with E-state index >= 15 is 0 Å². The molecule has 4 nitrogen and oxygen atoms in total. The highest BCUT2D eigenvalue weighted by Crippen LogP contribution is 2.22. The largest absolute Gasteiger partial charge is 0.468 e. The van der Waals surface area contributed by atoms with Crippen LogP contribution in [0.4, 0.5) is 0 Å². The Morgan fingerprint density at radius 1 is 1.53 bits per heavy atom. The van der Waals surface area contributed by atoms with Gasteiger partial charge in [0.1, 0.15) is 5.54 Å². The molecule has 0 aromatic carbocycles. The van der Waals surface area contributed by atoms with Gasteiger partial charge in [-0.1, -0.05) is 0 Å². The van der Waals surface area contributed by atoms with Gasteiger partial charge in [0.25, 0.3) is 0 Å². The van der Waals surface area contributed by atoms with Gasteiger partial charge in [0.15, 0.2) is 0 Å². The Kier molecular flexibility index (Phi) is 4.54. The van der Waals surface area contributed by atoms with Gasteiger partial charge in [-0.15, -0.1) is 0 Å². The highest BCUT2D eigenvalue weighted by molar-refractivity contribution is 5.79. The summed E-state index contributed by atoms with van der Waals surface area (Å²) in [5.41, 5.74) is 4.93. The van der Waals surface area contributed by atoms with Gasteiger partial charge in [-0.25, -0.2) is 0 Å². The lowest BCUT2D eigenvalue weighted by atomic mass is 9.95. The number of rotatable bonds is 6. The average molecular weight is 215 g/mol. The molecule has 1 saturated carbocycles. The molecule has 0 aromatic heterocycles. The topological polar surface area (TPSA) is 61.5 Å². The third-order valence-corrected chi connectivity index (χ3v) is 2.90. The SMILES string of the molecule is COC(=O)C(C)(N)CCCOC1CCC1. The molecule has 0 aliphatic heterocycles. The summed E-state index contributed by atoms with van der Waals surface area (Å²) in [7, 11) is 1.36. The third kappa shape index (κ3) is 3.80. The van der Waals surface area contributed by atoms with E-state index in [0.717, 1.165) is 6.42 Å². The first kappa shape index (κ1) is 12.5. The van der Waals surface area contributed by atoms with Crippen molar-refractivity contribution in [2.45, 2.75) is 50.7 Å². The van der Waals surface area contributed by atoms with Crippen LogP contribution in [-0.4, -0.2) is 31.3 Å². The Hall–Kier alpha value is -0.610. The molecule has 0 saturated heterocycles. The van der Waals surface area contributed by atoms with E-state index in [1.54, 1.807) is 6.92 Å². The first-order valence-electron chi connectivity index (χ1n) is 5.55. The summed E-state index contributed by atoms with van der Waals surface area (Å²) in [6.07, 6.45) is 5.49. The van der Waals surface area contributed by atoms with Gasteiger partial charge in [-0.2, -0.15) is 0 Å². The maximum Gasteiger partial charge on any atom is 0.325 e. The van der Waals surface area contributed by atoms with Crippen LogP contribution in [0.15, 0.2) is 0 Å². The average Bonchev–Trinajstić information content (AvgIpc) is 2.13. The molecule has 0 heterocycles. The van der Waals surface area contributed by atoms with Crippen molar-refractivity contribution < 1.29 is 14.3 Å². The lowest BCUT2D eigenvalue weighted by Gasteiger charge is -2.26. The molecule has 15 heavy (non-hydrogen) atoms. The zero-order chi connectivity index (χ0) is 11.3. The predicted molar refractivity (Wildman–Crippen MR) is 57.4 cm³/mol. The molecule has 0 bridgehead atoms. The molecule has 1 rings (SSSR count). The molecule has 4 heteroatoms. The van der Waals surface area contributed by atoms with Gasteiger partial charge in [0.2, 0.25) is 0 Å². The molecule has 2 N–H and O–H groups in total. The molecule has 0 amide bonds. The minimum atomic E-state index is -0.877. The molecule has 0 spiro atoms. The fourth-order valence-corrected chi connectivity index (χ4v) is 1.56. The summed E-state index contributed by atoms with van der Waals surface area (Å²) in [5, 5.41) is 0. The molecular weight excluding hydrogens is 194 g/mol. The normalized spacial score (nSPS) is 20.5. The monoisotopic (exact) mass is 215 g/mol. The number of carbonyl (C=O) groups is 1. The minimum Gasteiger partial charge on any atom is -0.468 e. The van der Waals surface area contributed by atoms with Gasteiger partial charge in [0.05, 0.1) is 13.2 Å². The quantitative estimate of drug-likeness (QED) is 0.534. The number of esters is 1. The van der Waals surface area contributed by atoms with Gasteiger partial charge in [-0.3, -0.25) is 4.79 Å². The molecule has 0 aromatic rings. The van der Waals surface area contributed by atoms with Crippen LogP contribution in [0.3, 0.4) is 0 Å². The van der Waals surface area contributed by atoms with Crippen molar-refractivity contribution in [3.05, 3.63) is 0 Å². The summed E-state index contributed by atoms with van der Waals surface area (Å²) >= 11 is 0. The number of ether oxygens (including phenoxy) is 2. The number of hydrogen-bond acceptors (Lipinski definition) is 4. The van der Waals surface area contributed by atoms with Crippen molar-refractivity contribution in [1.29, 1.82) is 0 Å². The lowest BCUT2D eigenvalue weighted by Crippen LogP contribution is -2.45. The van der Waals surface area contributed by atoms with Crippen molar-refractivity contribution >= 4 is 5.97 Å². The molecule has 1 aliphatic carbocycles. The van der Waals surface area contributed by atoms with Crippen LogP contribution in [-0.2, 0) is 14.3 Å². The number of hydrogen-bond donors (Lipinski definition) is 1. The molecule has 1 atom stereocenters. The summed E-state index contributed by atoms with van der Waals surface area (Å²) in [4.78, 5) is 11.2. The van der Waals surface area contributed by atoms with Gasteiger partial charge < -0.3 is 15.2 Å². The Morgan fingerprint density at radius 3 is 2.67 bits per heavy atom. The second kappa shape index (κ2) is 5.47. The summed E-state index contributed by atoms with van der Waals surface area (Å²) < 4.78 is 10.2. The van der Waals surface area contributed by atoms with E-state index in [2.05, 4.69) is 4.74 Å². The van der Waals surface area contributed by atoms with Crippen LogP contribution in [0.1, 0.15) is 39.0 Å². The van der Waals surface area contributed by atoms with Crippen LogP contribution in [0.25, 0.3) is 0 Å². The highest BCUT2D eigenvalue weighted by Gasteiger charge is 2.28. The molecule has 1 fully saturated rings. The van der Waals surface area contributed by atoms with E-state index in [4.69, 9.17) is 10.5 Å². The van der Waals surface area contributed by atoms with Crippen LogP contribution in [0.5, 0.6) is 0 Å². The molecule has 0 radical (unpaired) electrons. The number of nitrogens with two attached hydrogens (primary N) is 1. The smallest absolute Gasteiger partial charge is 0.325 e. The fourth-order valence-electron chi connectivity index (χ4n) is 1.56. The first-order valence-corrected chi connectivity index (χ1v) is 5.55. The second-order valence-electron chi connectivity index (χ2n) is 4.44.